The lowest BCUT2D eigenvalue weighted by atomic mass is 9.90. The SMILES string of the molecule is CC(=O)N(c1ccccc1)[C@H]1C[C@@H](C)N(C(=O)COc2ccc(F)cc2)c2ccc(Br)cc21. The fourth-order valence-electron chi connectivity index (χ4n) is 4.34. The zero-order chi connectivity index (χ0) is 23.5. The number of para-hydroxylation sites is 1. The summed E-state index contributed by atoms with van der Waals surface area (Å²) in [6.07, 6.45) is 0.570. The van der Waals surface area contributed by atoms with Crippen molar-refractivity contribution >= 4 is 39.1 Å². The minimum absolute atomic E-state index is 0.0660. The van der Waals surface area contributed by atoms with Crippen molar-refractivity contribution in [1.82, 2.24) is 0 Å². The predicted octanol–water partition coefficient (Wildman–Crippen LogP) is 5.89. The molecule has 5 nitrogen and oxygen atoms in total. The molecule has 7 heteroatoms. The summed E-state index contributed by atoms with van der Waals surface area (Å²) >= 11 is 3.54. The molecule has 4 rings (SSSR count). The molecule has 1 aliphatic rings. The first-order chi connectivity index (χ1) is 15.8. The zero-order valence-corrected chi connectivity index (χ0v) is 20.0. The summed E-state index contributed by atoms with van der Waals surface area (Å²) in [6, 6.07) is 20.5. The van der Waals surface area contributed by atoms with E-state index in [4.69, 9.17) is 4.74 Å². The Labute approximate surface area is 200 Å². The maximum Gasteiger partial charge on any atom is 0.265 e. The topological polar surface area (TPSA) is 49.9 Å². The normalized spacial score (nSPS) is 17.3. The molecule has 3 aromatic rings. The van der Waals surface area contributed by atoms with Crippen molar-refractivity contribution in [3.05, 3.63) is 88.6 Å². The highest BCUT2D eigenvalue weighted by molar-refractivity contribution is 9.10. The maximum absolute atomic E-state index is 13.2. The summed E-state index contributed by atoms with van der Waals surface area (Å²) in [5.41, 5.74) is 2.45. The monoisotopic (exact) mass is 510 g/mol. The minimum atomic E-state index is -0.364. The summed E-state index contributed by atoms with van der Waals surface area (Å²) in [4.78, 5) is 29.5. The van der Waals surface area contributed by atoms with Gasteiger partial charge in [-0.2, -0.15) is 0 Å². The van der Waals surface area contributed by atoms with Crippen LogP contribution in [0, 0.1) is 5.82 Å². The van der Waals surface area contributed by atoms with E-state index in [1.807, 2.05) is 55.5 Å². The van der Waals surface area contributed by atoms with Gasteiger partial charge in [0.1, 0.15) is 11.6 Å². The molecule has 0 saturated heterocycles. The lowest BCUT2D eigenvalue weighted by molar-refractivity contribution is -0.121. The van der Waals surface area contributed by atoms with E-state index in [1.165, 1.54) is 24.3 Å². The van der Waals surface area contributed by atoms with Gasteiger partial charge in [-0.15, -0.1) is 0 Å². The second-order valence-corrected chi connectivity index (χ2v) is 8.95. The zero-order valence-electron chi connectivity index (χ0n) is 18.4. The van der Waals surface area contributed by atoms with Crippen LogP contribution in [-0.4, -0.2) is 24.5 Å². The fourth-order valence-corrected chi connectivity index (χ4v) is 4.72. The molecule has 0 radical (unpaired) electrons. The van der Waals surface area contributed by atoms with Crippen molar-refractivity contribution in [1.29, 1.82) is 0 Å². The Bertz CT molecular complexity index is 1150. The predicted molar refractivity (Wildman–Crippen MR) is 130 cm³/mol. The third-order valence-corrected chi connectivity index (χ3v) is 6.24. The molecule has 0 aliphatic carbocycles. The van der Waals surface area contributed by atoms with Gasteiger partial charge in [0.25, 0.3) is 5.91 Å². The highest BCUT2D eigenvalue weighted by Crippen LogP contribution is 2.43. The summed E-state index contributed by atoms with van der Waals surface area (Å²) in [5, 5.41) is 0. The Balaban J connectivity index is 1.66. The van der Waals surface area contributed by atoms with E-state index >= 15 is 0 Å². The molecule has 0 saturated carbocycles. The maximum atomic E-state index is 13.2. The molecule has 0 N–H and O–H groups in total. The molecule has 0 aromatic heterocycles. The molecular weight excluding hydrogens is 487 g/mol. The number of nitrogens with zero attached hydrogens (tertiary/aromatic N) is 2. The number of carbonyl (C=O) groups excluding carboxylic acids is 2. The van der Waals surface area contributed by atoms with Gasteiger partial charge in [0.05, 0.1) is 6.04 Å². The Kier molecular flexibility index (Phi) is 6.79. The third kappa shape index (κ3) is 4.93. The van der Waals surface area contributed by atoms with Crippen LogP contribution < -0.4 is 14.5 Å². The molecule has 33 heavy (non-hydrogen) atoms. The second kappa shape index (κ2) is 9.75. The van der Waals surface area contributed by atoms with Crippen molar-refractivity contribution < 1.29 is 18.7 Å². The average molecular weight is 511 g/mol. The first kappa shape index (κ1) is 23.0. The minimum Gasteiger partial charge on any atom is -0.484 e. The number of ether oxygens (including phenoxy) is 1. The average Bonchev–Trinajstić information content (AvgIpc) is 2.79. The van der Waals surface area contributed by atoms with Crippen molar-refractivity contribution in [3.63, 3.8) is 0 Å². The molecule has 1 aliphatic heterocycles. The van der Waals surface area contributed by atoms with Crippen LogP contribution in [0.5, 0.6) is 5.75 Å². The molecule has 0 fully saturated rings. The van der Waals surface area contributed by atoms with Crippen LogP contribution in [0.15, 0.2) is 77.3 Å². The highest BCUT2D eigenvalue weighted by Gasteiger charge is 2.38. The first-order valence-electron chi connectivity index (χ1n) is 10.7. The Morgan fingerprint density at radius 1 is 1.09 bits per heavy atom. The van der Waals surface area contributed by atoms with E-state index in [2.05, 4.69) is 15.9 Å². The lowest BCUT2D eigenvalue weighted by Gasteiger charge is -2.43. The number of anilines is 2. The van der Waals surface area contributed by atoms with E-state index in [9.17, 15) is 14.0 Å². The number of hydrogen-bond acceptors (Lipinski definition) is 3. The molecule has 2 amide bonds. The van der Waals surface area contributed by atoms with Gasteiger partial charge in [-0.3, -0.25) is 9.59 Å². The smallest absolute Gasteiger partial charge is 0.265 e. The number of benzene rings is 3. The Morgan fingerprint density at radius 2 is 1.79 bits per heavy atom. The van der Waals surface area contributed by atoms with Crippen molar-refractivity contribution in [2.24, 2.45) is 0 Å². The summed E-state index contributed by atoms with van der Waals surface area (Å²) in [7, 11) is 0. The van der Waals surface area contributed by atoms with Crippen LogP contribution in [0.25, 0.3) is 0 Å². The van der Waals surface area contributed by atoms with Gasteiger partial charge in [-0.25, -0.2) is 4.39 Å². The van der Waals surface area contributed by atoms with Gasteiger partial charge in [0, 0.05) is 28.8 Å². The number of fused-ring (bicyclic) bond motifs is 1. The Morgan fingerprint density at radius 3 is 2.45 bits per heavy atom. The van der Waals surface area contributed by atoms with E-state index < -0.39 is 0 Å². The standard InChI is InChI=1S/C26H24BrFN2O3/c1-17-14-25(30(18(2)31)21-6-4-3-5-7-21)23-15-19(27)8-13-24(23)29(17)26(32)16-33-22-11-9-20(28)10-12-22/h3-13,15,17,25H,14,16H2,1-2H3/t17-,25+/m1/s1. The molecule has 0 bridgehead atoms. The summed E-state index contributed by atoms with van der Waals surface area (Å²) in [6.45, 7) is 3.35. The molecule has 1 heterocycles. The molecule has 3 aromatic carbocycles. The van der Waals surface area contributed by atoms with E-state index in [0.29, 0.717) is 12.2 Å². The van der Waals surface area contributed by atoms with Crippen molar-refractivity contribution in [2.45, 2.75) is 32.4 Å². The van der Waals surface area contributed by atoms with E-state index in [0.717, 1.165) is 21.4 Å². The highest BCUT2D eigenvalue weighted by atomic mass is 79.9. The first-order valence-corrected chi connectivity index (χ1v) is 11.5. The van der Waals surface area contributed by atoms with Crippen molar-refractivity contribution in [2.75, 3.05) is 16.4 Å². The molecule has 2 atom stereocenters. The van der Waals surface area contributed by atoms with Gasteiger partial charge in [-0.1, -0.05) is 34.1 Å². The van der Waals surface area contributed by atoms with Gasteiger partial charge in [-0.05, 0) is 73.5 Å². The van der Waals surface area contributed by atoms with E-state index in [-0.39, 0.29) is 36.3 Å². The van der Waals surface area contributed by atoms with Gasteiger partial charge in [0.2, 0.25) is 5.91 Å². The second-order valence-electron chi connectivity index (χ2n) is 8.03. The van der Waals surface area contributed by atoms with Gasteiger partial charge in [0.15, 0.2) is 6.61 Å². The van der Waals surface area contributed by atoms with Crippen LogP contribution in [0.2, 0.25) is 0 Å². The van der Waals surface area contributed by atoms with Crippen LogP contribution in [-0.2, 0) is 9.59 Å². The van der Waals surface area contributed by atoms with Crippen LogP contribution in [0.4, 0.5) is 15.8 Å². The number of halogens is 2. The summed E-state index contributed by atoms with van der Waals surface area (Å²) < 4.78 is 19.6. The fraction of sp³-hybridized carbons (Fsp3) is 0.231. The van der Waals surface area contributed by atoms with Crippen LogP contribution >= 0.6 is 15.9 Å². The van der Waals surface area contributed by atoms with Crippen LogP contribution in [0.3, 0.4) is 0 Å². The van der Waals surface area contributed by atoms with Crippen molar-refractivity contribution in [3.8, 4) is 5.75 Å². The summed E-state index contributed by atoms with van der Waals surface area (Å²) in [5.74, 6) is -0.209. The lowest BCUT2D eigenvalue weighted by Crippen LogP contribution is -2.48. The molecule has 0 unspecified atom stereocenters. The number of carbonyl (C=O) groups is 2. The van der Waals surface area contributed by atoms with Gasteiger partial charge < -0.3 is 14.5 Å². The number of amides is 2. The quantitative estimate of drug-likeness (QED) is 0.430. The Hall–Kier alpha value is -3.19. The van der Waals surface area contributed by atoms with Gasteiger partial charge >= 0.3 is 0 Å². The van der Waals surface area contributed by atoms with E-state index in [1.54, 1.807) is 16.7 Å². The molecule has 170 valence electrons. The number of rotatable bonds is 5. The third-order valence-electron chi connectivity index (χ3n) is 5.74. The number of hydrogen-bond donors (Lipinski definition) is 0. The molecule has 0 spiro atoms. The largest absolute Gasteiger partial charge is 0.484 e. The van der Waals surface area contributed by atoms with Crippen LogP contribution in [0.1, 0.15) is 31.9 Å². The molecular formula is C26H24BrFN2O3.